The monoisotopic (exact) mass is 567 g/mol. The SMILES string of the molecule is CCCO/N=C(\C(=O)N[C@@H]1C(=O)N2C(C(=O)O)=C(C[n+]3ccn4cc(C#N)ccc43)CS[C@@H]12)c1csc(N)n1. The van der Waals surface area contributed by atoms with Gasteiger partial charge < -0.3 is 21.0 Å². The van der Waals surface area contributed by atoms with Crippen molar-refractivity contribution in [3.05, 3.63) is 58.6 Å². The first-order chi connectivity index (χ1) is 18.8. The maximum absolute atomic E-state index is 13.2. The van der Waals surface area contributed by atoms with E-state index in [0.29, 0.717) is 23.3 Å². The molecule has 2 amide bonds. The molecule has 0 aromatic carbocycles. The van der Waals surface area contributed by atoms with Gasteiger partial charge >= 0.3 is 5.97 Å². The maximum atomic E-state index is 13.2. The van der Waals surface area contributed by atoms with Crippen molar-refractivity contribution in [1.82, 2.24) is 19.6 Å². The second-order valence-corrected chi connectivity index (χ2v) is 10.7. The average Bonchev–Trinajstić information content (AvgIpc) is 3.54. The fourth-order valence-corrected chi connectivity index (χ4v) is 6.21. The Hall–Kier alpha value is -4.42. The Morgan fingerprint density at radius 2 is 2.26 bits per heavy atom. The molecular weight excluding hydrogens is 544 g/mol. The summed E-state index contributed by atoms with van der Waals surface area (Å²) in [6.45, 7) is 2.42. The quantitative estimate of drug-likeness (QED) is 0.110. The lowest BCUT2D eigenvalue weighted by molar-refractivity contribution is -0.662. The molecular formula is C24H23N8O5S2+. The molecule has 0 radical (unpaired) electrons. The summed E-state index contributed by atoms with van der Waals surface area (Å²) < 4.78 is 3.63. The minimum atomic E-state index is -1.22. The third-order valence-electron chi connectivity index (χ3n) is 6.11. The normalized spacial score (nSPS) is 18.9. The highest BCUT2D eigenvalue weighted by Crippen LogP contribution is 2.40. The van der Waals surface area contributed by atoms with E-state index in [2.05, 4.69) is 21.5 Å². The van der Waals surface area contributed by atoms with Crippen molar-refractivity contribution in [1.29, 1.82) is 5.26 Å². The van der Waals surface area contributed by atoms with Gasteiger partial charge in [0, 0.05) is 22.8 Å². The molecule has 5 rings (SSSR count). The number of carboxylic acid groups (broad SMARTS) is 1. The van der Waals surface area contributed by atoms with Gasteiger partial charge in [0.25, 0.3) is 17.5 Å². The maximum Gasteiger partial charge on any atom is 0.352 e. The molecule has 0 bridgehead atoms. The van der Waals surface area contributed by atoms with Crippen LogP contribution in [0.2, 0.25) is 0 Å². The Labute approximate surface area is 230 Å². The fraction of sp³-hybridized carbons (Fsp3) is 0.292. The molecule has 0 saturated carbocycles. The third kappa shape index (κ3) is 4.91. The molecule has 1 saturated heterocycles. The van der Waals surface area contributed by atoms with E-state index in [4.69, 9.17) is 15.8 Å². The van der Waals surface area contributed by atoms with Crippen LogP contribution in [0.5, 0.6) is 0 Å². The summed E-state index contributed by atoms with van der Waals surface area (Å²) in [4.78, 5) is 49.1. The van der Waals surface area contributed by atoms with Gasteiger partial charge in [-0.3, -0.25) is 14.5 Å². The number of nitrogens with zero attached hydrogens (tertiary/aromatic N) is 6. The van der Waals surface area contributed by atoms with Crippen molar-refractivity contribution in [3.8, 4) is 6.07 Å². The average molecular weight is 568 g/mol. The largest absolute Gasteiger partial charge is 0.477 e. The van der Waals surface area contributed by atoms with Gasteiger partial charge in [-0.25, -0.2) is 18.7 Å². The van der Waals surface area contributed by atoms with Crippen LogP contribution < -0.4 is 15.6 Å². The van der Waals surface area contributed by atoms with Gasteiger partial charge in [-0.1, -0.05) is 12.1 Å². The molecule has 3 aromatic rings. The standard InChI is InChI=1S/C24H22N8O5S2/c1-2-7-37-29-17(15-12-39-24(26)27-15)20(33)28-18-21(34)32-19(23(35)36)14(11-38-22(18)32)10-31-6-5-30-9-13(8-25)3-4-16(30)31/h3-6,9,12,18,22H,2,7,10-11H2,1H3,(H3-,26,27,28,33,35,36)/p+1/b29-17-/t18-,22+/m1/s1. The van der Waals surface area contributed by atoms with Gasteiger partial charge in [0.15, 0.2) is 10.8 Å². The van der Waals surface area contributed by atoms with Crippen LogP contribution in [0.3, 0.4) is 0 Å². The number of nitrogens with two attached hydrogens (primary N) is 1. The zero-order chi connectivity index (χ0) is 27.7. The number of imidazole rings is 1. The van der Waals surface area contributed by atoms with Gasteiger partial charge in [0.05, 0.1) is 5.56 Å². The van der Waals surface area contributed by atoms with E-state index in [1.807, 2.05) is 11.5 Å². The highest BCUT2D eigenvalue weighted by molar-refractivity contribution is 8.00. The molecule has 0 spiro atoms. The van der Waals surface area contributed by atoms with Crippen LogP contribution in [0.15, 0.2) is 52.5 Å². The summed E-state index contributed by atoms with van der Waals surface area (Å²) in [6.07, 6.45) is 5.92. The van der Waals surface area contributed by atoms with E-state index in [-0.39, 0.29) is 35.4 Å². The number of hydrogen-bond donors (Lipinski definition) is 3. The Morgan fingerprint density at radius 3 is 2.95 bits per heavy atom. The van der Waals surface area contributed by atoms with Gasteiger partial charge in [-0.2, -0.15) is 5.26 Å². The molecule has 5 heterocycles. The number of pyridine rings is 1. The Bertz CT molecular complexity index is 1590. The fourth-order valence-electron chi connectivity index (χ4n) is 4.32. The number of nitriles is 1. The first-order valence-corrected chi connectivity index (χ1v) is 13.8. The van der Waals surface area contributed by atoms with Crippen molar-refractivity contribution in [2.45, 2.75) is 31.3 Å². The number of hydrogen-bond acceptors (Lipinski definition) is 10. The number of thioether (sulfide) groups is 1. The van der Waals surface area contributed by atoms with Gasteiger partial charge in [0.1, 0.15) is 60.6 Å². The Balaban J connectivity index is 1.36. The van der Waals surface area contributed by atoms with Gasteiger partial charge in [0.2, 0.25) is 0 Å². The predicted octanol–water partition coefficient (Wildman–Crippen LogP) is 0.707. The number of rotatable bonds is 9. The summed E-state index contributed by atoms with van der Waals surface area (Å²) >= 11 is 2.50. The molecule has 200 valence electrons. The summed E-state index contributed by atoms with van der Waals surface area (Å²) in [6, 6.07) is 4.60. The van der Waals surface area contributed by atoms with Crippen LogP contribution in [0, 0.1) is 11.3 Å². The molecule has 0 unspecified atom stereocenters. The Kier molecular flexibility index (Phi) is 7.22. The van der Waals surface area contributed by atoms with Crippen molar-refractivity contribution in [2.75, 3.05) is 18.1 Å². The van der Waals surface area contributed by atoms with Gasteiger partial charge in [-0.15, -0.1) is 23.1 Å². The number of fused-ring (bicyclic) bond motifs is 2. The zero-order valence-electron chi connectivity index (χ0n) is 20.6. The summed E-state index contributed by atoms with van der Waals surface area (Å²) in [5.74, 6) is -2.09. The van der Waals surface area contributed by atoms with E-state index in [1.54, 1.807) is 40.5 Å². The molecule has 2 atom stereocenters. The summed E-state index contributed by atoms with van der Waals surface area (Å²) in [5, 5.41) is 27.0. The van der Waals surface area contributed by atoms with Crippen LogP contribution in [-0.4, -0.2) is 66.7 Å². The van der Waals surface area contributed by atoms with E-state index in [1.165, 1.54) is 16.7 Å². The molecule has 2 aliphatic heterocycles. The first kappa shape index (κ1) is 26.2. The minimum absolute atomic E-state index is 0.0952. The predicted molar refractivity (Wildman–Crippen MR) is 141 cm³/mol. The molecule has 0 aliphatic carbocycles. The molecule has 39 heavy (non-hydrogen) atoms. The Morgan fingerprint density at radius 1 is 1.44 bits per heavy atom. The van der Waals surface area contributed by atoms with Crippen LogP contribution in [0.1, 0.15) is 24.6 Å². The molecule has 15 heteroatoms. The molecule has 1 fully saturated rings. The lowest BCUT2D eigenvalue weighted by atomic mass is 10.0. The number of amides is 2. The summed E-state index contributed by atoms with van der Waals surface area (Å²) in [7, 11) is 0. The van der Waals surface area contributed by atoms with E-state index < -0.39 is 29.2 Å². The minimum Gasteiger partial charge on any atom is -0.477 e. The van der Waals surface area contributed by atoms with Crippen LogP contribution in [0.4, 0.5) is 5.13 Å². The number of nitrogens with one attached hydrogen (secondary N) is 1. The lowest BCUT2D eigenvalue weighted by Gasteiger charge is -2.49. The van der Waals surface area contributed by atoms with E-state index in [9.17, 15) is 19.5 Å². The number of carboxylic acids is 1. The highest BCUT2D eigenvalue weighted by atomic mass is 32.2. The highest BCUT2D eigenvalue weighted by Gasteiger charge is 2.54. The smallest absolute Gasteiger partial charge is 0.352 e. The van der Waals surface area contributed by atoms with Crippen LogP contribution in [-0.2, 0) is 25.8 Å². The first-order valence-electron chi connectivity index (χ1n) is 11.8. The third-order valence-corrected chi connectivity index (χ3v) is 8.13. The van der Waals surface area contributed by atoms with Crippen LogP contribution >= 0.6 is 23.1 Å². The number of thiazole rings is 1. The number of aliphatic carboxylic acids is 1. The van der Waals surface area contributed by atoms with E-state index >= 15 is 0 Å². The second-order valence-electron chi connectivity index (χ2n) is 8.68. The van der Waals surface area contributed by atoms with Crippen molar-refractivity contribution < 1.29 is 28.9 Å². The van der Waals surface area contributed by atoms with E-state index in [0.717, 1.165) is 17.0 Å². The number of β-lactam (4-membered cyclic amide) rings is 1. The number of anilines is 1. The number of carbonyl (C=O) groups excluding carboxylic acids is 2. The molecule has 4 N–H and O–H groups in total. The van der Waals surface area contributed by atoms with Gasteiger partial charge in [-0.05, 0) is 12.5 Å². The van der Waals surface area contributed by atoms with Crippen LogP contribution in [0.25, 0.3) is 5.65 Å². The van der Waals surface area contributed by atoms with Crippen molar-refractivity contribution in [2.24, 2.45) is 5.16 Å². The molecule has 2 aliphatic rings. The molecule has 13 nitrogen and oxygen atoms in total. The number of carbonyl (C=O) groups is 3. The zero-order valence-corrected chi connectivity index (χ0v) is 22.2. The number of aromatic nitrogens is 3. The number of oxime groups is 1. The summed E-state index contributed by atoms with van der Waals surface area (Å²) in [5.41, 5.74) is 7.53. The lowest BCUT2D eigenvalue weighted by Crippen LogP contribution is -2.71. The topological polar surface area (TPSA) is 179 Å². The van der Waals surface area contributed by atoms with Crippen molar-refractivity contribution in [3.63, 3.8) is 0 Å². The second kappa shape index (κ2) is 10.8. The molecule has 3 aromatic heterocycles. The van der Waals surface area contributed by atoms with Crippen molar-refractivity contribution >= 4 is 57.4 Å². The number of nitrogen functional groups attached to an aromatic ring is 1.